The minimum atomic E-state index is -4.18. The zero-order valence-electron chi connectivity index (χ0n) is 16.9. The molecule has 0 atom stereocenters. The summed E-state index contributed by atoms with van der Waals surface area (Å²) in [6, 6.07) is 12.9. The molecule has 0 radical (unpaired) electrons. The number of carbonyl (C=O) groups is 1. The largest absolute Gasteiger partial charge is 0.349 e. The van der Waals surface area contributed by atoms with Crippen LogP contribution in [0.15, 0.2) is 58.2 Å². The molecule has 31 heavy (non-hydrogen) atoms. The molecule has 1 amide bonds. The molecule has 0 spiro atoms. The monoisotopic (exact) mass is 460 g/mol. The van der Waals surface area contributed by atoms with Crippen LogP contribution in [0.1, 0.15) is 28.9 Å². The average molecular weight is 461 g/mol. The van der Waals surface area contributed by atoms with E-state index in [0.29, 0.717) is 11.4 Å². The molecular formula is C21H21ClN4O4S. The van der Waals surface area contributed by atoms with E-state index >= 15 is 0 Å². The Labute approximate surface area is 184 Å². The van der Waals surface area contributed by atoms with Crippen LogP contribution in [-0.4, -0.2) is 29.7 Å². The molecule has 10 heteroatoms. The molecule has 0 saturated heterocycles. The SMILES string of the molecule is Cc1c(NS(=O)(=O)c2cc(Cl)cc(C(=O)NC3CC3)c2)c(=O)n(-c2ccccc2)n1C. The summed E-state index contributed by atoms with van der Waals surface area (Å²) in [4.78, 5) is 25.2. The first-order valence-electron chi connectivity index (χ1n) is 9.65. The van der Waals surface area contributed by atoms with Crippen LogP contribution in [0, 0.1) is 6.92 Å². The van der Waals surface area contributed by atoms with Crippen molar-refractivity contribution < 1.29 is 13.2 Å². The fourth-order valence-corrected chi connectivity index (χ4v) is 4.71. The summed E-state index contributed by atoms with van der Waals surface area (Å²) in [6.45, 7) is 1.64. The second kappa shape index (κ2) is 7.90. The number of rotatable bonds is 6. The summed E-state index contributed by atoms with van der Waals surface area (Å²) in [5, 5.41) is 2.91. The fourth-order valence-electron chi connectivity index (χ4n) is 3.22. The van der Waals surface area contributed by atoms with Gasteiger partial charge in [-0.15, -0.1) is 0 Å². The number of sulfonamides is 1. The van der Waals surface area contributed by atoms with Crippen molar-refractivity contribution >= 4 is 33.2 Å². The third kappa shape index (κ3) is 4.24. The van der Waals surface area contributed by atoms with Gasteiger partial charge >= 0.3 is 0 Å². The smallest absolute Gasteiger partial charge is 0.296 e. The van der Waals surface area contributed by atoms with Gasteiger partial charge in [0, 0.05) is 23.7 Å². The van der Waals surface area contributed by atoms with Gasteiger partial charge in [0.05, 0.1) is 16.3 Å². The lowest BCUT2D eigenvalue weighted by atomic mass is 10.2. The van der Waals surface area contributed by atoms with Crippen molar-refractivity contribution in [3.8, 4) is 5.69 Å². The van der Waals surface area contributed by atoms with Crippen LogP contribution in [-0.2, 0) is 17.1 Å². The van der Waals surface area contributed by atoms with E-state index in [0.717, 1.165) is 12.8 Å². The number of nitrogens with one attached hydrogen (secondary N) is 2. The Kier molecular flexibility index (Phi) is 5.40. The van der Waals surface area contributed by atoms with Crippen molar-refractivity contribution in [3.05, 3.63) is 75.2 Å². The van der Waals surface area contributed by atoms with Gasteiger partial charge in [-0.05, 0) is 50.1 Å². The molecule has 1 aromatic heterocycles. The fraction of sp³-hybridized carbons (Fsp3) is 0.238. The molecule has 8 nitrogen and oxygen atoms in total. The van der Waals surface area contributed by atoms with E-state index in [-0.39, 0.29) is 33.1 Å². The van der Waals surface area contributed by atoms with Crippen LogP contribution >= 0.6 is 11.6 Å². The van der Waals surface area contributed by atoms with Crippen molar-refractivity contribution in [1.29, 1.82) is 0 Å². The van der Waals surface area contributed by atoms with E-state index in [2.05, 4.69) is 10.0 Å². The predicted molar refractivity (Wildman–Crippen MR) is 118 cm³/mol. The van der Waals surface area contributed by atoms with E-state index < -0.39 is 15.6 Å². The molecule has 1 heterocycles. The van der Waals surface area contributed by atoms with Crippen molar-refractivity contribution in [2.45, 2.75) is 30.7 Å². The number of halogens is 1. The first kappa shape index (κ1) is 21.2. The third-order valence-electron chi connectivity index (χ3n) is 5.15. The summed E-state index contributed by atoms with van der Waals surface area (Å²) in [7, 11) is -2.51. The number of aromatic nitrogens is 2. The van der Waals surface area contributed by atoms with Gasteiger partial charge < -0.3 is 5.32 Å². The molecule has 1 fully saturated rings. The zero-order chi connectivity index (χ0) is 22.3. The van der Waals surface area contributed by atoms with Crippen molar-refractivity contribution in [1.82, 2.24) is 14.7 Å². The van der Waals surface area contributed by atoms with Crippen molar-refractivity contribution in [2.75, 3.05) is 4.72 Å². The molecular weight excluding hydrogens is 440 g/mol. The summed E-state index contributed by atoms with van der Waals surface area (Å²) in [6.07, 6.45) is 1.81. The molecule has 1 saturated carbocycles. The van der Waals surface area contributed by atoms with Gasteiger partial charge in [-0.25, -0.2) is 13.1 Å². The Balaban J connectivity index is 1.71. The van der Waals surface area contributed by atoms with E-state index in [1.54, 1.807) is 42.9 Å². The lowest BCUT2D eigenvalue weighted by molar-refractivity contribution is 0.0951. The topological polar surface area (TPSA) is 102 Å². The molecule has 2 aromatic carbocycles. The Morgan fingerprint density at radius 3 is 2.45 bits per heavy atom. The van der Waals surface area contributed by atoms with Crippen LogP contribution in [0.25, 0.3) is 5.69 Å². The molecule has 3 aromatic rings. The maximum atomic E-state index is 13.1. The van der Waals surface area contributed by atoms with Gasteiger partial charge in [0.25, 0.3) is 21.5 Å². The minimum absolute atomic E-state index is 0.0738. The molecule has 1 aliphatic carbocycles. The summed E-state index contributed by atoms with van der Waals surface area (Å²) >= 11 is 6.09. The van der Waals surface area contributed by atoms with E-state index in [1.807, 2.05) is 6.07 Å². The van der Waals surface area contributed by atoms with Crippen LogP contribution in [0.5, 0.6) is 0 Å². The Hall–Kier alpha value is -3.04. The average Bonchev–Trinajstić information content (AvgIpc) is 3.52. The highest BCUT2D eigenvalue weighted by Crippen LogP contribution is 2.24. The molecule has 162 valence electrons. The highest BCUT2D eigenvalue weighted by atomic mass is 35.5. The Morgan fingerprint density at radius 2 is 1.81 bits per heavy atom. The number of amides is 1. The molecule has 0 aliphatic heterocycles. The number of nitrogens with zero attached hydrogens (tertiary/aromatic N) is 2. The predicted octanol–water partition coefficient (Wildman–Crippen LogP) is 2.83. The number of anilines is 1. The van der Waals surface area contributed by atoms with Crippen molar-refractivity contribution in [2.24, 2.45) is 7.05 Å². The lowest BCUT2D eigenvalue weighted by Crippen LogP contribution is -2.26. The van der Waals surface area contributed by atoms with Crippen LogP contribution < -0.4 is 15.6 Å². The molecule has 1 aliphatic rings. The number of hydrogen-bond donors (Lipinski definition) is 2. The highest BCUT2D eigenvalue weighted by molar-refractivity contribution is 7.92. The van der Waals surface area contributed by atoms with Crippen LogP contribution in [0.4, 0.5) is 5.69 Å². The maximum Gasteiger partial charge on any atom is 0.296 e. The minimum Gasteiger partial charge on any atom is -0.349 e. The van der Waals surface area contributed by atoms with Gasteiger partial charge in [-0.3, -0.25) is 19.0 Å². The number of carbonyl (C=O) groups excluding carboxylic acids is 1. The summed E-state index contributed by atoms with van der Waals surface area (Å²) in [5.74, 6) is -0.385. The third-order valence-corrected chi connectivity index (χ3v) is 6.69. The number of benzene rings is 2. The molecule has 0 bridgehead atoms. The van der Waals surface area contributed by atoms with Gasteiger partial charge in [0.1, 0.15) is 5.69 Å². The normalized spacial score (nSPS) is 13.8. The van der Waals surface area contributed by atoms with E-state index in [4.69, 9.17) is 11.6 Å². The highest BCUT2D eigenvalue weighted by Gasteiger charge is 2.26. The molecule has 2 N–H and O–H groups in total. The van der Waals surface area contributed by atoms with Gasteiger partial charge in [0.15, 0.2) is 0 Å². The second-order valence-corrected chi connectivity index (χ2v) is 9.58. The van der Waals surface area contributed by atoms with Gasteiger partial charge in [-0.1, -0.05) is 29.8 Å². The molecule has 4 rings (SSSR count). The first-order valence-corrected chi connectivity index (χ1v) is 11.5. The number of hydrogen-bond acceptors (Lipinski definition) is 4. The quantitative estimate of drug-likeness (QED) is 0.590. The first-order chi connectivity index (χ1) is 14.7. The Bertz CT molecular complexity index is 1330. The van der Waals surface area contributed by atoms with Gasteiger partial charge in [0.2, 0.25) is 0 Å². The van der Waals surface area contributed by atoms with Crippen LogP contribution in [0.2, 0.25) is 5.02 Å². The summed E-state index contributed by atoms with van der Waals surface area (Å²) < 4.78 is 31.5. The zero-order valence-corrected chi connectivity index (χ0v) is 18.5. The summed E-state index contributed by atoms with van der Waals surface area (Å²) in [5.41, 5.74) is 0.599. The lowest BCUT2D eigenvalue weighted by Gasteiger charge is -2.10. The van der Waals surface area contributed by atoms with E-state index in [9.17, 15) is 18.0 Å². The Morgan fingerprint density at radius 1 is 1.13 bits per heavy atom. The molecule has 0 unspecified atom stereocenters. The number of para-hydroxylation sites is 1. The van der Waals surface area contributed by atoms with Gasteiger partial charge in [-0.2, -0.15) is 0 Å². The van der Waals surface area contributed by atoms with Crippen molar-refractivity contribution in [3.63, 3.8) is 0 Å². The van der Waals surface area contributed by atoms with E-state index in [1.165, 1.54) is 22.9 Å². The standard InChI is InChI=1S/C21H21ClN4O4S/c1-13-19(21(28)26(25(13)2)17-6-4-3-5-7-17)24-31(29,30)18-11-14(10-15(22)12-18)20(27)23-16-8-9-16/h3-7,10-12,16,24H,8-9H2,1-2H3,(H,23,27). The van der Waals surface area contributed by atoms with Crippen LogP contribution in [0.3, 0.4) is 0 Å². The second-order valence-electron chi connectivity index (χ2n) is 7.47. The maximum absolute atomic E-state index is 13.1.